The van der Waals surface area contributed by atoms with Gasteiger partial charge < -0.3 is 9.84 Å². The molecule has 1 aromatic carbocycles. The lowest BCUT2D eigenvalue weighted by atomic mass is 10.1. The van der Waals surface area contributed by atoms with Gasteiger partial charge in [0.25, 0.3) is 0 Å². The summed E-state index contributed by atoms with van der Waals surface area (Å²) in [4.78, 5) is 0. The Morgan fingerprint density at radius 1 is 1.50 bits per heavy atom. The van der Waals surface area contributed by atoms with Gasteiger partial charge in [-0.05, 0) is 38.0 Å². The fourth-order valence-corrected chi connectivity index (χ4v) is 1.41. The van der Waals surface area contributed by atoms with Crippen LogP contribution in [0, 0.1) is 6.92 Å². The van der Waals surface area contributed by atoms with E-state index < -0.39 is 6.10 Å². The van der Waals surface area contributed by atoms with Crippen LogP contribution in [-0.4, -0.2) is 11.7 Å². The first-order chi connectivity index (χ1) is 7.54. The lowest BCUT2D eigenvalue weighted by Gasteiger charge is -2.14. The van der Waals surface area contributed by atoms with Crippen LogP contribution in [0.5, 0.6) is 5.75 Å². The number of aryl methyl sites for hydroxylation is 1. The van der Waals surface area contributed by atoms with Gasteiger partial charge >= 0.3 is 0 Å². The van der Waals surface area contributed by atoms with Crippen molar-refractivity contribution in [2.24, 2.45) is 0 Å². The molecule has 0 fully saturated rings. The molecule has 0 aliphatic rings. The quantitative estimate of drug-likeness (QED) is 0.771. The molecule has 1 aromatic rings. The minimum Gasteiger partial charge on any atom is -0.489 e. The number of aliphatic hydroxyl groups is 1. The Morgan fingerprint density at radius 3 is 2.75 bits per heavy atom. The van der Waals surface area contributed by atoms with Gasteiger partial charge in [-0.15, -0.1) is 0 Å². The average Bonchev–Trinajstić information content (AvgIpc) is 2.26. The SMILES string of the molecule is C=C(CC)COc1ccc(C)cc1[C@@H](C)O. The third-order valence-electron chi connectivity index (χ3n) is 2.55. The van der Waals surface area contributed by atoms with E-state index in [0.29, 0.717) is 6.61 Å². The van der Waals surface area contributed by atoms with Gasteiger partial charge in [-0.1, -0.05) is 25.1 Å². The number of benzene rings is 1. The van der Waals surface area contributed by atoms with E-state index in [1.54, 1.807) is 6.92 Å². The van der Waals surface area contributed by atoms with Crippen LogP contribution in [0.15, 0.2) is 30.4 Å². The topological polar surface area (TPSA) is 29.5 Å². The van der Waals surface area contributed by atoms with Crippen molar-refractivity contribution in [1.29, 1.82) is 0 Å². The molecule has 1 rings (SSSR count). The third-order valence-corrected chi connectivity index (χ3v) is 2.55. The summed E-state index contributed by atoms with van der Waals surface area (Å²) in [6, 6.07) is 5.84. The van der Waals surface area contributed by atoms with Crippen molar-refractivity contribution in [3.63, 3.8) is 0 Å². The van der Waals surface area contributed by atoms with E-state index in [2.05, 4.69) is 13.5 Å². The number of hydrogen-bond acceptors (Lipinski definition) is 2. The van der Waals surface area contributed by atoms with E-state index in [0.717, 1.165) is 28.9 Å². The number of ether oxygens (including phenoxy) is 1. The molecule has 0 heterocycles. The number of rotatable bonds is 5. The van der Waals surface area contributed by atoms with Gasteiger partial charge in [-0.2, -0.15) is 0 Å². The first-order valence-electron chi connectivity index (χ1n) is 5.62. The molecule has 88 valence electrons. The largest absolute Gasteiger partial charge is 0.489 e. The second kappa shape index (κ2) is 5.71. The Labute approximate surface area is 97.6 Å². The van der Waals surface area contributed by atoms with Crippen LogP contribution in [-0.2, 0) is 0 Å². The van der Waals surface area contributed by atoms with Crippen molar-refractivity contribution in [1.82, 2.24) is 0 Å². The molecule has 2 heteroatoms. The zero-order chi connectivity index (χ0) is 12.1. The maximum atomic E-state index is 9.65. The molecule has 0 aliphatic carbocycles. The molecule has 0 aromatic heterocycles. The summed E-state index contributed by atoms with van der Waals surface area (Å²) >= 11 is 0. The average molecular weight is 220 g/mol. The minimum absolute atomic E-state index is 0.509. The van der Waals surface area contributed by atoms with Gasteiger partial charge in [0, 0.05) is 5.56 Å². The van der Waals surface area contributed by atoms with Gasteiger partial charge in [0.1, 0.15) is 12.4 Å². The highest BCUT2D eigenvalue weighted by Gasteiger charge is 2.09. The van der Waals surface area contributed by atoms with E-state index >= 15 is 0 Å². The second-order valence-electron chi connectivity index (χ2n) is 4.11. The van der Waals surface area contributed by atoms with Gasteiger partial charge in [0.2, 0.25) is 0 Å². The lowest BCUT2D eigenvalue weighted by Crippen LogP contribution is -2.04. The Balaban J connectivity index is 2.82. The first-order valence-corrected chi connectivity index (χ1v) is 5.62. The third kappa shape index (κ3) is 3.38. The summed E-state index contributed by atoms with van der Waals surface area (Å²) in [6.45, 7) is 10.2. The fourth-order valence-electron chi connectivity index (χ4n) is 1.41. The molecule has 0 bridgehead atoms. The highest BCUT2D eigenvalue weighted by molar-refractivity contribution is 5.38. The van der Waals surface area contributed by atoms with Crippen LogP contribution in [0.2, 0.25) is 0 Å². The van der Waals surface area contributed by atoms with Crippen molar-refractivity contribution >= 4 is 0 Å². The Morgan fingerprint density at radius 2 is 2.19 bits per heavy atom. The number of aliphatic hydroxyl groups excluding tert-OH is 1. The van der Waals surface area contributed by atoms with Crippen molar-refractivity contribution in [3.05, 3.63) is 41.5 Å². The van der Waals surface area contributed by atoms with Crippen LogP contribution in [0.4, 0.5) is 0 Å². The zero-order valence-corrected chi connectivity index (χ0v) is 10.3. The predicted octanol–water partition coefficient (Wildman–Crippen LogP) is 3.39. The van der Waals surface area contributed by atoms with Gasteiger partial charge in [0.05, 0.1) is 6.10 Å². The highest BCUT2D eigenvalue weighted by Crippen LogP contribution is 2.26. The molecular formula is C14H20O2. The van der Waals surface area contributed by atoms with Crippen LogP contribution in [0.3, 0.4) is 0 Å². The van der Waals surface area contributed by atoms with Gasteiger partial charge in [0.15, 0.2) is 0 Å². The molecule has 0 spiro atoms. The predicted molar refractivity (Wildman–Crippen MR) is 66.7 cm³/mol. The van der Waals surface area contributed by atoms with E-state index in [1.165, 1.54) is 0 Å². The molecular weight excluding hydrogens is 200 g/mol. The monoisotopic (exact) mass is 220 g/mol. The molecule has 2 nitrogen and oxygen atoms in total. The van der Waals surface area contributed by atoms with E-state index in [1.807, 2.05) is 25.1 Å². The van der Waals surface area contributed by atoms with Crippen molar-refractivity contribution < 1.29 is 9.84 Å². The normalized spacial score (nSPS) is 12.2. The van der Waals surface area contributed by atoms with Gasteiger partial charge in [-0.25, -0.2) is 0 Å². The molecule has 16 heavy (non-hydrogen) atoms. The van der Waals surface area contributed by atoms with Crippen LogP contribution >= 0.6 is 0 Å². The van der Waals surface area contributed by atoms with E-state index in [4.69, 9.17) is 4.74 Å². The van der Waals surface area contributed by atoms with Crippen LogP contribution < -0.4 is 4.74 Å². The smallest absolute Gasteiger partial charge is 0.125 e. The summed E-state index contributed by atoms with van der Waals surface area (Å²) in [7, 11) is 0. The van der Waals surface area contributed by atoms with Crippen molar-refractivity contribution in [2.75, 3.05) is 6.61 Å². The number of hydrogen-bond donors (Lipinski definition) is 1. The fraction of sp³-hybridized carbons (Fsp3) is 0.429. The summed E-state index contributed by atoms with van der Waals surface area (Å²) < 4.78 is 5.65. The summed E-state index contributed by atoms with van der Waals surface area (Å²) in [5.41, 5.74) is 3.01. The van der Waals surface area contributed by atoms with Crippen LogP contribution in [0.1, 0.15) is 37.5 Å². The van der Waals surface area contributed by atoms with E-state index in [-0.39, 0.29) is 0 Å². The molecule has 0 saturated carbocycles. The minimum atomic E-state index is -0.509. The molecule has 0 radical (unpaired) electrons. The standard InChI is InChI=1S/C14H20O2/c1-5-10(2)9-16-14-7-6-11(3)8-13(14)12(4)15/h6-8,12,15H,2,5,9H2,1,3-4H3/t12-/m1/s1. The maximum absolute atomic E-state index is 9.65. The Hall–Kier alpha value is -1.28. The zero-order valence-electron chi connectivity index (χ0n) is 10.3. The maximum Gasteiger partial charge on any atom is 0.125 e. The van der Waals surface area contributed by atoms with Crippen molar-refractivity contribution in [2.45, 2.75) is 33.3 Å². The lowest BCUT2D eigenvalue weighted by molar-refractivity contribution is 0.192. The summed E-state index contributed by atoms with van der Waals surface area (Å²) in [6.07, 6.45) is 0.403. The first kappa shape index (κ1) is 12.8. The molecule has 0 unspecified atom stereocenters. The van der Waals surface area contributed by atoms with E-state index in [9.17, 15) is 5.11 Å². The highest BCUT2D eigenvalue weighted by atomic mass is 16.5. The second-order valence-corrected chi connectivity index (χ2v) is 4.11. The summed E-state index contributed by atoms with van der Waals surface area (Å²) in [5.74, 6) is 0.746. The molecule has 0 amide bonds. The van der Waals surface area contributed by atoms with Crippen LogP contribution in [0.25, 0.3) is 0 Å². The Kier molecular flexibility index (Phi) is 4.56. The summed E-state index contributed by atoms with van der Waals surface area (Å²) in [5, 5.41) is 9.65. The molecule has 1 atom stereocenters. The molecule has 0 saturated heterocycles. The molecule has 1 N–H and O–H groups in total. The molecule has 0 aliphatic heterocycles. The van der Waals surface area contributed by atoms with Crippen molar-refractivity contribution in [3.8, 4) is 5.75 Å². The Bertz CT molecular complexity index is 367. The van der Waals surface area contributed by atoms with Gasteiger partial charge in [-0.3, -0.25) is 0 Å².